The van der Waals surface area contributed by atoms with E-state index >= 15 is 0 Å². The van der Waals surface area contributed by atoms with Crippen molar-refractivity contribution in [2.45, 2.75) is 9.79 Å². The molecule has 1 amide bonds. The van der Waals surface area contributed by atoms with Crippen LogP contribution in [-0.4, -0.2) is 66.7 Å². The van der Waals surface area contributed by atoms with Gasteiger partial charge in [-0.25, -0.2) is 21.6 Å². The molecule has 2 aromatic carbocycles. The zero-order chi connectivity index (χ0) is 22.1. The summed E-state index contributed by atoms with van der Waals surface area (Å²) in [5.74, 6) is 0. The normalized spacial score (nSPS) is 18.1. The summed E-state index contributed by atoms with van der Waals surface area (Å²) in [5, 5.41) is 0. The molecule has 10 nitrogen and oxygen atoms in total. The lowest BCUT2D eigenvalue weighted by atomic mass is 10.2. The molecule has 31 heavy (non-hydrogen) atoms. The summed E-state index contributed by atoms with van der Waals surface area (Å²) in [5.41, 5.74) is 0.589. The fourth-order valence-electron chi connectivity index (χ4n) is 3.34. The van der Waals surface area contributed by atoms with Crippen LogP contribution in [0.1, 0.15) is 0 Å². The number of rotatable bonds is 6. The number of hydrogen-bond acceptors (Lipinski definition) is 7. The van der Waals surface area contributed by atoms with Gasteiger partial charge in [0.1, 0.15) is 6.61 Å². The van der Waals surface area contributed by atoms with E-state index in [2.05, 4.69) is 4.72 Å². The maximum Gasteiger partial charge on any atom is 0.414 e. The van der Waals surface area contributed by atoms with Crippen molar-refractivity contribution in [1.82, 2.24) is 4.31 Å². The predicted octanol–water partition coefficient (Wildman–Crippen LogP) is 1.46. The van der Waals surface area contributed by atoms with Gasteiger partial charge in [-0.15, -0.1) is 0 Å². The number of nitrogens with one attached hydrogen (secondary N) is 1. The highest BCUT2D eigenvalue weighted by molar-refractivity contribution is 7.92. The van der Waals surface area contributed by atoms with Crippen LogP contribution in [0.5, 0.6) is 0 Å². The molecule has 2 aliphatic heterocycles. The molecular formula is C19H21N3O7S2. The first-order valence-corrected chi connectivity index (χ1v) is 12.5. The second kappa shape index (κ2) is 8.46. The standard InChI is InChI=1S/C19H21N3O7S2/c23-19-22(11-14-29-19)18-4-2-1-3-17(18)20-30(24,25)15-5-7-16(8-6-15)31(26,27)21-9-12-28-13-10-21/h1-8,20H,9-14H2. The highest BCUT2D eigenvalue weighted by Crippen LogP contribution is 2.30. The van der Waals surface area contributed by atoms with Crippen LogP contribution < -0.4 is 9.62 Å². The van der Waals surface area contributed by atoms with Crippen molar-refractivity contribution in [3.63, 3.8) is 0 Å². The lowest BCUT2D eigenvalue weighted by Crippen LogP contribution is -2.40. The molecule has 2 aliphatic rings. The first-order chi connectivity index (χ1) is 14.8. The van der Waals surface area contributed by atoms with Gasteiger partial charge in [-0.1, -0.05) is 12.1 Å². The number of amides is 1. The van der Waals surface area contributed by atoms with E-state index in [9.17, 15) is 21.6 Å². The fraction of sp³-hybridized carbons (Fsp3) is 0.316. The van der Waals surface area contributed by atoms with Crippen molar-refractivity contribution < 1.29 is 31.1 Å². The van der Waals surface area contributed by atoms with Crippen LogP contribution in [0.3, 0.4) is 0 Å². The Morgan fingerprint density at radius 2 is 1.45 bits per heavy atom. The molecule has 0 aromatic heterocycles. The molecule has 0 aliphatic carbocycles. The Labute approximate surface area is 180 Å². The van der Waals surface area contributed by atoms with Gasteiger partial charge >= 0.3 is 6.09 Å². The van der Waals surface area contributed by atoms with Gasteiger partial charge in [0.15, 0.2) is 0 Å². The molecule has 1 N–H and O–H groups in total. The molecule has 0 saturated carbocycles. The molecule has 12 heteroatoms. The number of para-hydroxylation sites is 2. The molecule has 0 radical (unpaired) electrons. The number of hydrogen-bond donors (Lipinski definition) is 1. The molecule has 2 saturated heterocycles. The number of carbonyl (C=O) groups is 1. The zero-order valence-electron chi connectivity index (χ0n) is 16.4. The monoisotopic (exact) mass is 467 g/mol. The number of ether oxygens (including phenoxy) is 2. The van der Waals surface area contributed by atoms with Crippen LogP contribution >= 0.6 is 0 Å². The summed E-state index contributed by atoms with van der Waals surface area (Å²) in [4.78, 5) is 13.1. The van der Waals surface area contributed by atoms with E-state index in [1.165, 1.54) is 39.5 Å². The van der Waals surface area contributed by atoms with Crippen LogP contribution in [-0.2, 0) is 29.5 Å². The molecule has 4 rings (SSSR count). The second-order valence-corrected chi connectivity index (χ2v) is 10.5. The van der Waals surface area contributed by atoms with Gasteiger partial charge in [0.2, 0.25) is 10.0 Å². The molecule has 0 atom stereocenters. The Morgan fingerprint density at radius 1 is 0.806 bits per heavy atom. The fourth-order valence-corrected chi connectivity index (χ4v) is 5.82. The quantitative estimate of drug-likeness (QED) is 0.682. The summed E-state index contributed by atoms with van der Waals surface area (Å²) in [6, 6.07) is 11.5. The highest BCUT2D eigenvalue weighted by atomic mass is 32.2. The van der Waals surface area contributed by atoms with Gasteiger partial charge in [-0.05, 0) is 36.4 Å². The summed E-state index contributed by atoms with van der Waals surface area (Å²) >= 11 is 0. The topological polar surface area (TPSA) is 122 Å². The van der Waals surface area contributed by atoms with E-state index in [4.69, 9.17) is 9.47 Å². The van der Waals surface area contributed by atoms with E-state index in [-0.39, 0.29) is 35.2 Å². The van der Waals surface area contributed by atoms with E-state index in [0.29, 0.717) is 25.4 Å². The largest absolute Gasteiger partial charge is 0.447 e. The Bertz CT molecular complexity index is 1180. The zero-order valence-corrected chi connectivity index (χ0v) is 18.1. The number of nitrogens with zero attached hydrogens (tertiary/aromatic N) is 2. The Morgan fingerprint density at radius 3 is 2.10 bits per heavy atom. The summed E-state index contributed by atoms with van der Waals surface area (Å²) in [6.07, 6.45) is -0.552. The van der Waals surface area contributed by atoms with Crippen molar-refractivity contribution in [3.8, 4) is 0 Å². The number of cyclic esters (lactones) is 1. The third kappa shape index (κ3) is 4.37. The van der Waals surface area contributed by atoms with Gasteiger partial charge in [-0.2, -0.15) is 4.31 Å². The van der Waals surface area contributed by atoms with Gasteiger partial charge < -0.3 is 9.47 Å². The minimum Gasteiger partial charge on any atom is -0.447 e. The summed E-state index contributed by atoms with van der Waals surface area (Å²) < 4.78 is 65.1. The third-order valence-corrected chi connectivity index (χ3v) is 8.24. The molecule has 0 unspecified atom stereocenters. The van der Waals surface area contributed by atoms with E-state index < -0.39 is 26.1 Å². The van der Waals surface area contributed by atoms with Crippen molar-refractivity contribution in [2.24, 2.45) is 0 Å². The van der Waals surface area contributed by atoms with E-state index in [1.807, 2.05) is 0 Å². The lowest BCUT2D eigenvalue weighted by Gasteiger charge is -2.26. The maximum atomic E-state index is 12.9. The maximum absolute atomic E-state index is 12.9. The Balaban J connectivity index is 1.57. The van der Waals surface area contributed by atoms with Gasteiger partial charge in [0, 0.05) is 13.1 Å². The molecular weight excluding hydrogens is 446 g/mol. The SMILES string of the molecule is O=C1OCCN1c1ccccc1NS(=O)(=O)c1ccc(S(=O)(=O)N2CCOCC2)cc1. The molecule has 0 spiro atoms. The average Bonchev–Trinajstić information content (AvgIpc) is 3.20. The third-order valence-electron chi connectivity index (χ3n) is 4.94. The molecule has 2 aromatic rings. The lowest BCUT2D eigenvalue weighted by molar-refractivity contribution is 0.0730. The van der Waals surface area contributed by atoms with E-state index in [0.717, 1.165) is 0 Å². The van der Waals surface area contributed by atoms with Gasteiger partial charge in [0.25, 0.3) is 10.0 Å². The first kappa shape index (κ1) is 21.6. The van der Waals surface area contributed by atoms with Crippen molar-refractivity contribution in [1.29, 1.82) is 0 Å². The molecule has 2 fully saturated rings. The Hall–Kier alpha value is -2.67. The number of carbonyl (C=O) groups excluding carboxylic acids is 1. The van der Waals surface area contributed by atoms with E-state index in [1.54, 1.807) is 18.2 Å². The van der Waals surface area contributed by atoms with Crippen LogP contribution in [0, 0.1) is 0 Å². The highest BCUT2D eigenvalue weighted by Gasteiger charge is 2.28. The number of morpholine rings is 1. The van der Waals surface area contributed by atoms with Gasteiger partial charge in [-0.3, -0.25) is 9.62 Å². The Kier molecular flexibility index (Phi) is 5.88. The predicted molar refractivity (Wildman–Crippen MR) is 112 cm³/mol. The number of anilines is 2. The van der Waals surface area contributed by atoms with Gasteiger partial charge in [0.05, 0.1) is 40.9 Å². The smallest absolute Gasteiger partial charge is 0.414 e. The summed E-state index contributed by atoms with van der Waals surface area (Å²) in [6.45, 7) is 1.67. The molecule has 0 bridgehead atoms. The second-order valence-electron chi connectivity index (χ2n) is 6.88. The van der Waals surface area contributed by atoms with Crippen LogP contribution in [0.4, 0.5) is 16.2 Å². The first-order valence-electron chi connectivity index (χ1n) is 9.53. The van der Waals surface area contributed by atoms with Crippen LogP contribution in [0.2, 0.25) is 0 Å². The number of sulfonamides is 2. The molecule has 2 heterocycles. The van der Waals surface area contributed by atoms with Crippen molar-refractivity contribution in [2.75, 3.05) is 49.1 Å². The number of benzene rings is 2. The van der Waals surface area contributed by atoms with Crippen LogP contribution in [0.25, 0.3) is 0 Å². The van der Waals surface area contributed by atoms with Crippen molar-refractivity contribution >= 4 is 37.5 Å². The van der Waals surface area contributed by atoms with Crippen LogP contribution in [0.15, 0.2) is 58.3 Å². The summed E-state index contributed by atoms with van der Waals surface area (Å²) in [7, 11) is -7.75. The molecule has 166 valence electrons. The average molecular weight is 468 g/mol. The minimum absolute atomic E-state index is 0.00793. The minimum atomic E-state index is -4.03. The van der Waals surface area contributed by atoms with Crippen molar-refractivity contribution in [3.05, 3.63) is 48.5 Å².